The standard InChI is InChI=1S/C15H23NO4S/c1-15(8-10-16(20-3)11-9-15)21(17,18)12-13-4-6-14(19-2)7-5-13/h4-7H,8-12H2,1-3H3. The van der Waals surface area contributed by atoms with Crippen molar-refractivity contribution in [3.05, 3.63) is 29.8 Å². The van der Waals surface area contributed by atoms with Gasteiger partial charge in [0.1, 0.15) is 5.75 Å². The van der Waals surface area contributed by atoms with Gasteiger partial charge in [-0.25, -0.2) is 8.42 Å². The van der Waals surface area contributed by atoms with Crippen LogP contribution in [0.25, 0.3) is 0 Å². The van der Waals surface area contributed by atoms with Crippen molar-refractivity contribution in [2.75, 3.05) is 27.3 Å². The minimum absolute atomic E-state index is 0.0699. The quantitative estimate of drug-likeness (QED) is 0.832. The van der Waals surface area contributed by atoms with Crippen molar-refractivity contribution in [2.45, 2.75) is 30.3 Å². The number of piperidine rings is 1. The third-order valence-corrected chi connectivity index (χ3v) is 6.93. The number of hydroxylamine groups is 2. The molecule has 1 saturated heterocycles. The van der Waals surface area contributed by atoms with E-state index in [4.69, 9.17) is 9.57 Å². The zero-order valence-electron chi connectivity index (χ0n) is 12.8. The molecule has 0 N–H and O–H groups in total. The van der Waals surface area contributed by atoms with E-state index in [0.29, 0.717) is 25.9 Å². The third kappa shape index (κ3) is 3.56. The molecule has 118 valence electrons. The van der Waals surface area contributed by atoms with Crippen LogP contribution in [0.15, 0.2) is 24.3 Å². The van der Waals surface area contributed by atoms with Crippen molar-refractivity contribution in [2.24, 2.45) is 0 Å². The second kappa shape index (κ2) is 6.34. The molecule has 1 aromatic rings. The number of hydrogen-bond donors (Lipinski definition) is 0. The van der Waals surface area contributed by atoms with E-state index >= 15 is 0 Å². The predicted molar refractivity (Wildman–Crippen MR) is 81.8 cm³/mol. The molecule has 6 heteroatoms. The van der Waals surface area contributed by atoms with Gasteiger partial charge < -0.3 is 9.57 Å². The van der Waals surface area contributed by atoms with Crippen molar-refractivity contribution in [1.82, 2.24) is 5.06 Å². The van der Waals surface area contributed by atoms with Gasteiger partial charge in [0.05, 0.1) is 24.7 Å². The molecule has 1 aliphatic heterocycles. The average Bonchev–Trinajstić information content (AvgIpc) is 2.48. The van der Waals surface area contributed by atoms with E-state index in [-0.39, 0.29) is 5.75 Å². The lowest BCUT2D eigenvalue weighted by Crippen LogP contribution is -2.47. The molecule has 2 rings (SSSR count). The Morgan fingerprint density at radius 3 is 2.19 bits per heavy atom. The maximum Gasteiger partial charge on any atom is 0.159 e. The third-order valence-electron chi connectivity index (χ3n) is 4.30. The van der Waals surface area contributed by atoms with Crippen LogP contribution in [0.4, 0.5) is 0 Å². The first kappa shape index (κ1) is 16.3. The Morgan fingerprint density at radius 1 is 1.14 bits per heavy atom. The molecular weight excluding hydrogens is 290 g/mol. The Balaban J connectivity index is 2.10. The molecule has 0 amide bonds. The van der Waals surface area contributed by atoms with Crippen LogP contribution in [0.1, 0.15) is 25.3 Å². The van der Waals surface area contributed by atoms with Crippen LogP contribution in [-0.4, -0.2) is 45.5 Å². The van der Waals surface area contributed by atoms with Gasteiger partial charge in [-0.1, -0.05) is 12.1 Å². The highest BCUT2D eigenvalue weighted by molar-refractivity contribution is 7.92. The molecule has 5 nitrogen and oxygen atoms in total. The van der Waals surface area contributed by atoms with Crippen LogP contribution in [0.3, 0.4) is 0 Å². The molecule has 1 aromatic carbocycles. The first-order chi connectivity index (χ1) is 9.90. The zero-order valence-corrected chi connectivity index (χ0v) is 13.6. The number of sulfone groups is 1. The second-order valence-corrected chi connectivity index (χ2v) is 8.17. The van der Waals surface area contributed by atoms with Gasteiger partial charge in [-0.15, -0.1) is 0 Å². The molecular formula is C15H23NO4S. The topological polar surface area (TPSA) is 55.8 Å². The van der Waals surface area contributed by atoms with E-state index in [1.165, 1.54) is 0 Å². The van der Waals surface area contributed by atoms with Crippen LogP contribution in [0.5, 0.6) is 5.75 Å². The van der Waals surface area contributed by atoms with Gasteiger partial charge in [0.25, 0.3) is 0 Å². The fraction of sp³-hybridized carbons (Fsp3) is 0.600. The van der Waals surface area contributed by atoms with Gasteiger partial charge in [-0.05, 0) is 37.5 Å². The summed E-state index contributed by atoms with van der Waals surface area (Å²) >= 11 is 0. The number of hydrogen-bond acceptors (Lipinski definition) is 5. The van der Waals surface area contributed by atoms with Crippen LogP contribution in [0, 0.1) is 0 Å². The molecule has 1 heterocycles. The molecule has 0 atom stereocenters. The van der Waals surface area contributed by atoms with Crippen molar-refractivity contribution in [3.63, 3.8) is 0 Å². The van der Waals surface area contributed by atoms with Crippen molar-refractivity contribution in [3.8, 4) is 5.75 Å². The van der Waals surface area contributed by atoms with E-state index in [2.05, 4.69) is 0 Å². The van der Waals surface area contributed by atoms with Crippen LogP contribution in [-0.2, 0) is 20.4 Å². The zero-order chi connectivity index (χ0) is 15.5. The maximum absolute atomic E-state index is 12.7. The number of nitrogens with zero attached hydrogens (tertiary/aromatic N) is 1. The molecule has 0 unspecified atom stereocenters. The minimum Gasteiger partial charge on any atom is -0.497 e. The summed E-state index contributed by atoms with van der Waals surface area (Å²) < 4.78 is 29.9. The van der Waals surface area contributed by atoms with Crippen LogP contribution >= 0.6 is 0 Å². The average molecular weight is 313 g/mol. The summed E-state index contributed by atoms with van der Waals surface area (Å²) in [6.07, 6.45) is 1.19. The fourth-order valence-electron chi connectivity index (χ4n) is 2.57. The van der Waals surface area contributed by atoms with Crippen LogP contribution in [0.2, 0.25) is 0 Å². The normalized spacial score (nSPS) is 19.4. The summed E-state index contributed by atoms with van der Waals surface area (Å²) in [5.74, 6) is 0.802. The van der Waals surface area contributed by atoms with Crippen molar-refractivity contribution >= 4 is 9.84 Å². The molecule has 1 aliphatic rings. The van der Waals surface area contributed by atoms with Gasteiger partial charge in [0.15, 0.2) is 9.84 Å². The molecule has 0 aliphatic carbocycles. The van der Waals surface area contributed by atoms with E-state index in [1.807, 2.05) is 24.1 Å². The van der Waals surface area contributed by atoms with Gasteiger partial charge in [0.2, 0.25) is 0 Å². The highest BCUT2D eigenvalue weighted by atomic mass is 32.2. The van der Waals surface area contributed by atoms with Gasteiger partial charge in [-0.2, -0.15) is 5.06 Å². The summed E-state index contributed by atoms with van der Waals surface area (Å²) in [4.78, 5) is 5.17. The van der Waals surface area contributed by atoms with E-state index < -0.39 is 14.6 Å². The highest BCUT2D eigenvalue weighted by Gasteiger charge is 2.41. The Morgan fingerprint density at radius 2 is 1.71 bits per heavy atom. The molecule has 0 saturated carbocycles. The lowest BCUT2D eigenvalue weighted by atomic mass is 9.99. The second-order valence-electron chi connectivity index (χ2n) is 5.67. The number of methoxy groups -OCH3 is 1. The Hall–Kier alpha value is -1.11. The summed E-state index contributed by atoms with van der Waals surface area (Å²) in [5.41, 5.74) is 0.797. The first-order valence-electron chi connectivity index (χ1n) is 7.04. The van der Waals surface area contributed by atoms with E-state index in [9.17, 15) is 8.42 Å². The predicted octanol–water partition coefficient (Wildman–Crippen LogP) is 2.03. The summed E-state index contributed by atoms with van der Waals surface area (Å²) in [5, 5.41) is 1.81. The van der Waals surface area contributed by atoms with E-state index in [0.717, 1.165) is 11.3 Å². The summed E-state index contributed by atoms with van der Waals surface area (Å²) in [6.45, 7) is 3.14. The molecule has 0 spiro atoms. The monoisotopic (exact) mass is 313 g/mol. The van der Waals surface area contributed by atoms with Crippen molar-refractivity contribution < 1.29 is 18.0 Å². The van der Waals surface area contributed by atoms with E-state index in [1.54, 1.807) is 26.4 Å². The maximum atomic E-state index is 12.7. The SMILES string of the molecule is COc1ccc(CS(=O)(=O)C2(C)CCN(OC)CC2)cc1. The highest BCUT2D eigenvalue weighted by Crippen LogP contribution is 2.32. The Kier molecular flexibility index (Phi) is 4.91. The summed E-state index contributed by atoms with van der Waals surface area (Å²) in [7, 11) is 0.00299. The molecule has 0 aromatic heterocycles. The fourth-order valence-corrected chi connectivity index (χ4v) is 4.35. The largest absolute Gasteiger partial charge is 0.497 e. The smallest absolute Gasteiger partial charge is 0.159 e. The van der Waals surface area contributed by atoms with Gasteiger partial charge >= 0.3 is 0 Å². The minimum atomic E-state index is -3.21. The lowest BCUT2D eigenvalue weighted by Gasteiger charge is -2.37. The van der Waals surface area contributed by atoms with Gasteiger partial charge in [0, 0.05) is 13.1 Å². The Bertz CT molecular complexity index is 560. The number of benzene rings is 1. The number of rotatable bonds is 5. The lowest BCUT2D eigenvalue weighted by molar-refractivity contribution is -0.144. The molecule has 21 heavy (non-hydrogen) atoms. The molecule has 1 fully saturated rings. The Labute approximate surface area is 126 Å². The van der Waals surface area contributed by atoms with Crippen molar-refractivity contribution in [1.29, 1.82) is 0 Å². The number of ether oxygens (including phenoxy) is 1. The summed E-state index contributed by atoms with van der Waals surface area (Å²) in [6, 6.07) is 7.20. The van der Waals surface area contributed by atoms with Gasteiger partial charge in [-0.3, -0.25) is 0 Å². The first-order valence-corrected chi connectivity index (χ1v) is 8.70. The van der Waals surface area contributed by atoms with Crippen LogP contribution < -0.4 is 4.74 Å². The molecule has 0 bridgehead atoms. The molecule has 0 radical (unpaired) electrons.